The zero-order valence-electron chi connectivity index (χ0n) is 9.63. The quantitative estimate of drug-likeness (QED) is 0.641. The molecule has 6 nitrogen and oxygen atoms in total. The summed E-state index contributed by atoms with van der Waals surface area (Å²) in [5, 5.41) is 13.6. The molecular formula is C11H16N4O2. The molecule has 17 heavy (non-hydrogen) atoms. The normalized spacial score (nSPS) is 16.7. The number of hydrogen-bond acceptors (Lipinski definition) is 5. The molecule has 92 valence electrons. The maximum absolute atomic E-state index is 10.4. The third kappa shape index (κ3) is 3.37. The lowest BCUT2D eigenvalue weighted by molar-refractivity contribution is -0.385. The van der Waals surface area contributed by atoms with Crippen molar-refractivity contribution in [3.63, 3.8) is 0 Å². The van der Waals surface area contributed by atoms with E-state index in [4.69, 9.17) is 0 Å². The summed E-state index contributed by atoms with van der Waals surface area (Å²) < 4.78 is 0. The summed E-state index contributed by atoms with van der Waals surface area (Å²) in [7, 11) is 0. The van der Waals surface area contributed by atoms with Gasteiger partial charge in [-0.2, -0.15) is 0 Å². The third-order valence-electron chi connectivity index (χ3n) is 3.12. The van der Waals surface area contributed by atoms with E-state index in [9.17, 15) is 10.1 Å². The number of nitro groups is 1. The molecule has 1 N–H and O–H groups in total. The smallest absolute Gasteiger partial charge is 0.305 e. The molecule has 0 amide bonds. The number of aromatic nitrogens is 2. The average molecular weight is 236 g/mol. The largest absolute Gasteiger partial charge is 0.354 e. The van der Waals surface area contributed by atoms with Gasteiger partial charge in [0, 0.05) is 6.54 Å². The van der Waals surface area contributed by atoms with Crippen LogP contribution in [-0.2, 0) is 0 Å². The maximum atomic E-state index is 10.4. The van der Waals surface area contributed by atoms with E-state index in [0.717, 1.165) is 6.54 Å². The van der Waals surface area contributed by atoms with Gasteiger partial charge in [0.05, 0.1) is 4.92 Å². The minimum atomic E-state index is -0.495. The first-order valence-corrected chi connectivity index (χ1v) is 5.96. The van der Waals surface area contributed by atoms with E-state index < -0.39 is 4.92 Å². The van der Waals surface area contributed by atoms with Crippen LogP contribution in [0.3, 0.4) is 0 Å². The lowest BCUT2D eigenvalue weighted by Crippen LogP contribution is -2.18. The Balaban J connectivity index is 1.84. The van der Waals surface area contributed by atoms with Gasteiger partial charge in [0.25, 0.3) is 0 Å². The summed E-state index contributed by atoms with van der Waals surface area (Å²) in [5.74, 6) is 1.16. The summed E-state index contributed by atoms with van der Waals surface area (Å²) in [4.78, 5) is 17.8. The standard InChI is InChI=1S/C11H16N4O2/c16-15(17)10-7-13-11(14-8-10)12-6-9-4-2-1-3-5-9/h7-9H,1-6H2,(H,12,13,14). The predicted octanol–water partition coefficient (Wildman–Crippen LogP) is 2.38. The lowest BCUT2D eigenvalue weighted by atomic mass is 9.89. The Bertz CT molecular complexity index is 374. The molecule has 1 fully saturated rings. The second-order valence-electron chi connectivity index (χ2n) is 4.41. The molecule has 0 spiro atoms. The van der Waals surface area contributed by atoms with Gasteiger partial charge in [-0.05, 0) is 18.8 Å². The van der Waals surface area contributed by atoms with Crippen LogP contribution in [0.5, 0.6) is 0 Å². The Morgan fingerprint density at radius 2 is 1.94 bits per heavy atom. The number of hydrogen-bond donors (Lipinski definition) is 1. The third-order valence-corrected chi connectivity index (χ3v) is 3.12. The first kappa shape index (κ1) is 11.8. The molecule has 1 saturated carbocycles. The molecule has 0 aliphatic heterocycles. The van der Waals surface area contributed by atoms with Gasteiger partial charge >= 0.3 is 5.69 Å². The van der Waals surface area contributed by atoms with Crippen LogP contribution >= 0.6 is 0 Å². The first-order chi connectivity index (χ1) is 8.25. The molecule has 0 aromatic carbocycles. The van der Waals surface area contributed by atoms with Crippen molar-refractivity contribution in [2.24, 2.45) is 5.92 Å². The van der Waals surface area contributed by atoms with Crippen LogP contribution in [-0.4, -0.2) is 21.4 Å². The number of anilines is 1. The van der Waals surface area contributed by atoms with Crippen LogP contribution < -0.4 is 5.32 Å². The molecule has 1 aliphatic rings. The molecule has 0 atom stereocenters. The summed E-state index contributed by atoms with van der Waals surface area (Å²) >= 11 is 0. The number of nitrogens with zero attached hydrogens (tertiary/aromatic N) is 3. The highest BCUT2D eigenvalue weighted by Gasteiger charge is 2.13. The van der Waals surface area contributed by atoms with E-state index in [1.165, 1.54) is 44.5 Å². The monoisotopic (exact) mass is 236 g/mol. The Labute approximate surface area is 99.6 Å². The van der Waals surface area contributed by atoms with Crippen molar-refractivity contribution in [2.45, 2.75) is 32.1 Å². The molecule has 6 heteroatoms. The van der Waals surface area contributed by atoms with E-state index in [-0.39, 0.29) is 5.69 Å². The highest BCUT2D eigenvalue weighted by atomic mass is 16.6. The molecule has 0 saturated heterocycles. The molecule has 2 rings (SSSR count). The zero-order valence-corrected chi connectivity index (χ0v) is 9.63. The van der Waals surface area contributed by atoms with Gasteiger partial charge in [-0.15, -0.1) is 0 Å². The Morgan fingerprint density at radius 1 is 1.29 bits per heavy atom. The average Bonchev–Trinajstić information content (AvgIpc) is 2.38. The summed E-state index contributed by atoms with van der Waals surface area (Å²) in [6, 6.07) is 0. The second-order valence-corrected chi connectivity index (χ2v) is 4.41. The van der Waals surface area contributed by atoms with E-state index in [1.54, 1.807) is 0 Å². The van der Waals surface area contributed by atoms with Gasteiger partial charge in [-0.3, -0.25) is 10.1 Å². The van der Waals surface area contributed by atoms with Gasteiger partial charge in [0.15, 0.2) is 0 Å². The van der Waals surface area contributed by atoms with Gasteiger partial charge in [-0.25, -0.2) is 9.97 Å². The fourth-order valence-corrected chi connectivity index (χ4v) is 2.13. The van der Waals surface area contributed by atoms with Crippen molar-refractivity contribution in [3.05, 3.63) is 22.5 Å². The van der Waals surface area contributed by atoms with Crippen LogP contribution in [0.15, 0.2) is 12.4 Å². The first-order valence-electron chi connectivity index (χ1n) is 5.96. The maximum Gasteiger partial charge on any atom is 0.305 e. The van der Waals surface area contributed by atoms with Crippen molar-refractivity contribution in [1.29, 1.82) is 0 Å². The van der Waals surface area contributed by atoms with Crippen molar-refractivity contribution in [3.8, 4) is 0 Å². The Morgan fingerprint density at radius 3 is 2.53 bits per heavy atom. The summed E-state index contributed by atoms with van der Waals surface area (Å²) in [6.45, 7) is 0.859. The summed E-state index contributed by atoms with van der Waals surface area (Å²) in [5.41, 5.74) is -0.0757. The molecule has 1 aliphatic carbocycles. The Hall–Kier alpha value is -1.72. The fraction of sp³-hybridized carbons (Fsp3) is 0.636. The molecule has 0 bridgehead atoms. The predicted molar refractivity (Wildman–Crippen MR) is 63.8 cm³/mol. The van der Waals surface area contributed by atoms with Crippen LogP contribution in [0, 0.1) is 16.0 Å². The number of nitrogens with one attached hydrogen (secondary N) is 1. The number of rotatable bonds is 4. The van der Waals surface area contributed by atoms with Crippen molar-refractivity contribution >= 4 is 11.6 Å². The van der Waals surface area contributed by atoms with Gasteiger partial charge in [0.1, 0.15) is 12.4 Å². The zero-order chi connectivity index (χ0) is 12.1. The van der Waals surface area contributed by atoms with E-state index in [0.29, 0.717) is 11.9 Å². The van der Waals surface area contributed by atoms with Crippen LogP contribution in [0.25, 0.3) is 0 Å². The van der Waals surface area contributed by atoms with Crippen LogP contribution in [0.1, 0.15) is 32.1 Å². The minimum absolute atomic E-state index is 0.0757. The SMILES string of the molecule is O=[N+]([O-])c1cnc(NCC2CCCCC2)nc1. The van der Waals surface area contributed by atoms with E-state index >= 15 is 0 Å². The minimum Gasteiger partial charge on any atom is -0.354 e. The van der Waals surface area contributed by atoms with Gasteiger partial charge in [-0.1, -0.05) is 19.3 Å². The molecule has 1 aromatic heterocycles. The molecule has 0 radical (unpaired) electrons. The molecule has 1 aromatic rings. The molecular weight excluding hydrogens is 220 g/mol. The van der Waals surface area contributed by atoms with Gasteiger partial charge in [0.2, 0.25) is 5.95 Å². The molecule has 1 heterocycles. The topological polar surface area (TPSA) is 81.0 Å². The van der Waals surface area contributed by atoms with E-state index in [2.05, 4.69) is 15.3 Å². The Kier molecular flexibility index (Phi) is 3.85. The summed E-state index contributed by atoms with van der Waals surface area (Å²) in [6.07, 6.45) is 8.90. The fourth-order valence-electron chi connectivity index (χ4n) is 2.13. The second kappa shape index (κ2) is 5.56. The van der Waals surface area contributed by atoms with Crippen LogP contribution in [0.4, 0.5) is 11.6 Å². The van der Waals surface area contributed by atoms with Crippen LogP contribution in [0.2, 0.25) is 0 Å². The van der Waals surface area contributed by atoms with Crippen molar-refractivity contribution in [1.82, 2.24) is 9.97 Å². The highest BCUT2D eigenvalue weighted by molar-refractivity contribution is 5.30. The lowest BCUT2D eigenvalue weighted by Gasteiger charge is -2.21. The van der Waals surface area contributed by atoms with E-state index in [1.807, 2.05) is 0 Å². The molecule has 0 unspecified atom stereocenters. The van der Waals surface area contributed by atoms with Crippen molar-refractivity contribution < 1.29 is 4.92 Å². The highest BCUT2D eigenvalue weighted by Crippen LogP contribution is 2.23. The van der Waals surface area contributed by atoms with Gasteiger partial charge < -0.3 is 5.32 Å². The van der Waals surface area contributed by atoms with Crippen molar-refractivity contribution in [2.75, 3.05) is 11.9 Å².